The molecule has 6 nitrogen and oxygen atoms in total. The Labute approximate surface area is 111 Å². The van der Waals surface area contributed by atoms with Crippen LogP contribution in [0.2, 0.25) is 0 Å². The summed E-state index contributed by atoms with van der Waals surface area (Å²) < 4.78 is 4.93. The minimum Gasteiger partial charge on any atom is -0.479 e. The third-order valence-electron chi connectivity index (χ3n) is 3.86. The standard InChI is InChI=1S/C13H18N2O4/c1-9-8-10(19-14-9)11(16)15(2)13(12(17)18)6-4-3-5-7-13/h8H,3-7H2,1-2H3,(H,17,18). The van der Waals surface area contributed by atoms with Gasteiger partial charge in [0, 0.05) is 13.1 Å². The van der Waals surface area contributed by atoms with Crippen molar-refractivity contribution in [3.8, 4) is 0 Å². The summed E-state index contributed by atoms with van der Waals surface area (Å²) in [7, 11) is 1.53. The fourth-order valence-corrected chi connectivity index (χ4v) is 2.65. The van der Waals surface area contributed by atoms with Gasteiger partial charge in [0.25, 0.3) is 5.91 Å². The number of carboxylic acids is 1. The van der Waals surface area contributed by atoms with Gasteiger partial charge in [0.05, 0.1) is 5.69 Å². The normalized spacial score (nSPS) is 18.0. The van der Waals surface area contributed by atoms with E-state index in [1.807, 2.05) is 0 Å². The molecule has 1 amide bonds. The van der Waals surface area contributed by atoms with Crippen LogP contribution in [-0.4, -0.2) is 39.6 Å². The van der Waals surface area contributed by atoms with Crippen LogP contribution in [-0.2, 0) is 4.79 Å². The number of nitrogens with zero attached hydrogens (tertiary/aromatic N) is 2. The average Bonchev–Trinajstić information content (AvgIpc) is 2.84. The molecule has 2 rings (SSSR count). The van der Waals surface area contributed by atoms with E-state index in [0.29, 0.717) is 18.5 Å². The zero-order chi connectivity index (χ0) is 14.0. The van der Waals surface area contributed by atoms with Gasteiger partial charge >= 0.3 is 5.97 Å². The molecule has 0 saturated heterocycles. The predicted molar refractivity (Wildman–Crippen MR) is 66.8 cm³/mol. The SMILES string of the molecule is Cc1cc(C(=O)N(C)C2(C(=O)O)CCCCC2)on1. The number of amides is 1. The third kappa shape index (κ3) is 2.34. The Bertz CT molecular complexity index is 489. The maximum absolute atomic E-state index is 12.3. The second-order valence-corrected chi connectivity index (χ2v) is 5.09. The lowest BCUT2D eigenvalue weighted by Gasteiger charge is -2.40. The lowest BCUT2D eigenvalue weighted by atomic mass is 9.80. The number of aryl methyl sites for hydroxylation is 1. The molecule has 1 N–H and O–H groups in total. The van der Waals surface area contributed by atoms with Crippen LogP contribution < -0.4 is 0 Å². The van der Waals surface area contributed by atoms with Crippen molar-refractivity contribution in [1.82, 2.24) is 10.1 Å². The molecule has 0 aromatic carbocycles. The average molecular weight is 266 g/mol. The Balaban J connectivity index is 2.27. The van der Waals surface area contributed by atoms with Crippen LogP contribution in [0.1, 0.15) is 48.4 Å². The summed E-state index contributed by atoms with van der Waals surface area (Å²) in [6.45, 7) is 1.72. The molecule has 1 aliphatic carbocycles. The molecule has 0 spiro atoms. The molecule has 1 aromatic heterocycles. The monoisotopic (exact) mass is 266 g/mol. The zero-order valence-corrected chi connectivity index (χ0v) is 11.2. The van der Waals surface area contributed by atoms with Gasteiger partial charge in [-0.15, -0.1) is 0 Å². The van der Waals surface area contributed by atoms with E-state index >= 15 is 0 Å². The first-order valence-electron chi connectivity index (χ1n) is 6.42. The van der Waals surface area contributed by atoms with E-state index in [4.69, 9.17) is 4.52 Å². The summed E-state index contributed by atoms with van der Waals surface area (Å²) in [5.41, 5.74) is -0.513. The zero-order valence-electron chi connectivity index (χ0n) is 11.2. The fraction of sp³-hybridized carbons (Fsp3) is 0.615. The van der Waals surface area contributed by atoms with Gasteiger partial charge < -0.3 is 14.5 Å². The number of hydrogen-bond donors (Lipinski definition) is 1. The van der Waals surface area contributed by atoms with E-state index in [-0.39, 0.29) is 5.76 Å². The summed E-state index contributed by atoms with van der Waals surface area (Å²) in [5, 5.41) is 13.2. The first-order chi connectivity index (χ1) is 8.97. The van der Waals surface area contributed by atoms with Gasteiger partial charge in [-0.2, -0.15) is 0 Å². The van der Waals surface area contributed by atoms with Crippen LogP contribution in [0.3, 0.4) is 0 Å². The van der Waals surface area contributed by atoms with E-state index in [1.165, 1.54) is 18.0 Å². The van der Waals surface area contributed by atoms with Crippen LogP contribution >= 0.6 is 0 Å². The summed E-state index contributed by atoms with van der Waals surface area (Å²) in [5.74, 6) is -1.28. The molecule has 19 heavy (non-hydrogen) atoms. The molecule has 6 heteroatoms. The van der Waals surface area contributed by atoms with Gasteiger partial charge in [-0.05, 0) is 19.8 Å². The van der Waals surface area contributed by atoms with Crippen LogP contribution in [0.25, 0.3) is 0 Å². The van der Waals surface area contributed by atoms with Crippen LogP contribution in [0, 0.1) is 6.92 Å². The number of likely N-dealkylation sites (N-methyl/N-ethyl adjacent to an activating group) is 1. The number of rotatable bonds is 3. The van der Waals surface area contributed by atoms with Crippen LogP contribution in [0.15, 0.2) is 10.6 Å². The van der Waals surface area contributed by atoms with Gasteiger partial charge in [0.15, 0.2) is 0 Å². The van der Waals surface area contributed by atoms with E-state index < -0.39 is 17.4 Å². The maximum atomic E-state index is 12.3. The predicted octanol–water partition coefficient (Wildman–Crippen LogP) is 1.84. The molecule has 104 valence electrons. The van der Waals surface area contributed by atoms with E-state index in [9.17, 15) is 14.7 Å². The van der Waals surface area contributed by atoms with Crippen molar-refractivity contribution in [2.24, 2.45) is 0 Å². The maximum Gasteiger partial charge on any atom is 0.329 e. The van der Waals surface area contributed by atoms with Crippen LogP contribution in [0.4, 0.5) is 0 Å². The van der Waals surface area contributed by atoms with Crippen molar-refractivity contribution in [3.05, 3.63) is 17.5 Å². The van der Waals surface area contributed by atoms with Gasteiger partial charge in [-0.3, -0.25) is 4.79 Å². The largest absolute Gasteiger partial charge is 0.479 e. The molecular formula is C13H18N2O4. The van der Waals surface area contributed by atoms with Crippen molar-refractivity contribution < 1.29 is 19.2 Å². The Morgan fingerprint density at radius 3 is 2.47 bits per heavy atom. The summed E-state index contributed by atoms with van der Waals surface area (Å²) >= 11 is 0. The second-order valence-electron chi connectivity index (χ2n) is 5.09. The van der Waals surface area contributed by atoms with E-state index in [0.717, 1.165) is 19.3 Å². The molecule has 0 radical (unpaired) electrons. The topological polar surface area (TPSA) is 83.6 Å². The highest BCUT2D eigenvalue weighted by Gasteiger charge is 2.46. The van der Waals surface area contributed by atoms with Crippen molar-refractivity contribution in [2.75, 3.05) is 7.05 Å². The molecule has 1 aliphatic rings. The number of hydrogen-bond acceptors (Lipinski definition) is 4. The quantitative estimate of drug-likeness (QED) is 0.902. The summed E-state index contributed by atoms with van der Waals surface area (Å²) in [6.07, 6.45) is 3.62. The highest BCUT2D eigenvalue weighted by molar-refractivity contribution is 5.95. The molecule has 1 aromatic rings. The molecule has 1 heterocycles. The highest BCUT2D eigenvalue weighted by Crippen LogP contribution is 2.34. The van der Waals surface area contributed by atoms with Gasteiger partial charge in [0.2, 0.25) is 5.76 Å². The number of aromatic nitrogens is 1. The first kappa shape index (κ1) is 13.6. The van der Waals surface area contributed by atoms with E-state index in [1.54, 1.807) is 6.92 Å². The Kier molecular flexibility index (Phi) is 3.59. The van der Waals surface area contributed by atoms with Gasteiger partial charge in [0.1, 0.15) is 5.54 Å². The van der Waals surface area contributed by atoms with Crippen LogP contribution in [0.5, 0.6) is 0 Å². The molecule has 0 atom stereocenters. The van der Waals surface area contributed by atoms with Crippen molar-refractivity contribution >= 4 is 11.9 Å². The Hall–Kier alpha value is -1.85. The highest BCUT2D eigenvalue weighted by atomic mass is 16.5. The minimum atomic E-state index is -1.12. The van der Waals surface area contributed by atoms with Gasteiger partial charge in [-0.25, -0.2) is 4.79 Å². The first-order valence-corrected chi connectivity index (χ1v) is 6.42. The number of aliphatic carboxylic acids is 1. The molecule has 0 unspecified atom stereocenters. The molecule has 0 bridgehead atoms. The lowest BCUT2D eigenvalue weighted by molar-refractivity contribution is -0.151. The number of carbonyl (C=O) groups excluding carboxylic acids is 1. The summed E-state index contributed by atoms with van der Waals surface area (Å²) in [6, 6.07) is 1.53. The van der Waals surface area contributed by atoms with Crippen molar-refractivity contribution in [2.45, 2.75) is 44.6 Å². The third-order valence-corrected chi connectivity index (χ3v) is 3.86. The molecule has 1 fully saturated rings. The second kappa shape index (κ2) is 5.03. The Morgan fingerprint density at radius 2 is 2.00 bits per heavy atom. The van der Waals surface area contributed by atoms with Crippen molar-refractivity contribution in [1.29, 1.82) is 0 Å². The summed E-state index contributed by atoms with van der Waals surface area (Å²) in [4.78, 5) is 25.2. The van der Waals surface area contributed by atoms with E-state index in [2.05, 4.69) is 5.16 Å². The molecular weight excluding hydrogens is 248 g/mol. The number of carbonyl (C=O) groups is 2. The molecule has 1 saturated carbocycles. The van der Waals surface area contributed by atoms with Crippen molar-refractivity contribution in [3.63, 3.8) is 0 Å². The Morgan fingerprint density at radius 1 is 1.37 bits per heavy atom. The minimum absolute atomic E-state index is 0.0891. The number of carboxylic acid groups (broad SMARTS) is 1. The van der Waals surface area contributed by atoms with Gasteiger partial charge in [-0.1, -0.05) is 24.4 Å². The molecule has 0 aliphatic heterocycles. The smallest absolute Gasteiger partial charge is 0.329 e. The lowest BCUT2D eigenvalue weighted by Crippen LogP contribution is -2.56. The fourth-order valence-electron chi connectivity index (χ4n) is 2.65.